The maximum Gasteiger partial charge on any atom is 0.271 e. The van der Waals surface area contributed by atoms with Crippen LogP contribution in [-0.4, -0.2) is 45.1 Å². The van der Waals surface area contributed by atoms with Crippen molar-refractivity contribution in [3.05, 3.63) is 40.5 Å². The summed E-state index contributed by atoms with van der Waals surface area (Å²) in [6.45, 7) is 5.28. The number of amides is 1. The fraction of sp³-hybridized carbons (Fsp3) is 0.579. The number of carbonyl (C=O) groups is 1. The van der Waals surface area contributed by atoms with Crippen LogP contribution < -0.4 is 10.6 Å². The van der Waals surface area contributed by atoms with E-state index in [1.807, 2.05) is 6.20 Å². The van der Waals surface area contributed by atoms with E-state index in [0.717, 1.165) is 56.2 Å². The Hall–Kier alpha value is -2.28. The molecule has 0 saturated carbocycles. The van der Waals surface area contributed by atoms with E-state index in [4.69, 9.17) is 4.98 Å². The van der Waals surface area contributed by atoms with Crippen LogP contribution in [0.15, 0.2) is 6.20 Å². The molecule has 1 aliphatic carbocycles. The predicted octanol–water partition coefficient (Wildman–Crippen LogP) is 0.979. The van der Waals surface area contributed by atoms with Gasteiger partial charge < -0.3 is 15.2 Å². The molecule has 0 bridgehead atoms. The van der Waals surface area contributed by atoms with Crippen LogP contribution in [0.1, 0.15) is 51.9 Å². The van der Waals surface area contributed by atoms with Crippen LogP contribution in [-0.2, 0) is 32.2 Å². The Morgan fingerprint density at radius 2 is 2.08 bits per heavy atom. The molecule has 0 spiro atoms. The van der Waals surface area contributed by atoms with Crippen molar-refractivity contribution >= 4 is 5.91 Å². The summed E-state index contributed by atoms with van der Waals surface area (Å²) in [5.74, 6) is 1.69. The largest absolute Gasteiger partial charge is 0.350 e. The SMILES string of the molecule is Cc1nc(CCNC(=O)c2cn3c(n2)CCNCC3)nc2c1CCCC2. The fourth-order valence-corrected chi connectivity index (χ4v) is 3.82. The molecule has 7 heteroatoms. The van der Waals surface area contributed by atoms with E-state index in [0.29, 0.717) is 18.7 Å². The maximum absolute atomic E-state index is 12.4. The Morgan fingerprint density at radius 1 is 1.19 bits per heavy atom. The number of hydrogen-bond acceptors (Lipinski definition) is 5. The van der Waals surface area contributed by atoms with Crippen molar-refractivity contribution in [1.82, 2.24) is 30.2 Å². The Labute approximate surface area is 153 Å². The normalized spacial score (nSPS) is 16.5. The third-order valence-corrected chi connectivity index (χ3v) is 5.22. The van der Waals surface area contributed by atoms with Gasteiger partial charge in [0.1, 0.15) is 17.3 Å². The zero-order valence-corrected chi connectivity index (χ0v) is 15.3. The summed E-state index contributed by atoms with van der Waals surface area (Å²) < 4.78 is 2.07. The highest BCUT2D eigenvalue weighted by Crippen LogP contribution is 2.21. The molecule has 2 N–H and O–H groups in total. The maximum atomic E-state index is 12.4. The highest BCUT2D eigenvalue weighted by Gasteiger charge is 2.17. The molecular formula is C19H26N6O. The third-order valence-electron chi connectivity index (χ3n) is 5.22. The van der Waals surface area contributed by atoms with Crippen LogP contribution in [0.3, 0.4) is 0 Å². The van der Waals surface area contributed by atoms with Crippen LogP contribution in [0.5, 0.6) is 0 Å². The van der Waals surface area contributed by atoms with Crippen molar-refractivity contribution in [1.29, 1.82) is 0 Å². The van der Waals surface area contributed by atoms with E-state index in [9.17, 15) is 4.79 Å². The molecule has 0 atom stereocenters. The van der Waals surface area contributed by atoms with E-state index in [1.165, 1.54) is 24.1 Å². The lowest BCUT2D eigenvalue weighted by atomic mass is 9.95. The summed E-state index contributed by atoms with van der Waals surface area (Å²) in [4.78, 5) is 26.2. The third kappa shape index (κ3) is 3.62. The molecule has 0 aromatic carbocycles. The minimum Gasteiger partial charge on any atom is -0.350 e. The first-order chi connectivity index (χ1) is 12.7. The Bertz CT molecular complexity index is 789. The number of rotatable bonds is 4. The average Bonchev–Trinajstić information content (AvgIpc) is 2.93. The van der Waals surface area contributed by atoms with Crippen molar-refractivity contribution in [3.63, 3.8) is 0 Å². The van der Waals surface area contributed by atoms with Gasteiger partial charge in [-0.1, -0.05) is 0 Å². The van der Waals surface area contributed by atoms with Gasteiger partial charge in [0.05, 0.1) is 0 Å². The molecule has 4 rings (SSSR count). The second-order valence-electron chi connectivity index (χ2n) is 7.10. The highest BCUT2D eigenvalue weighted by molar-refractivity contribution is 5.92. The van der Waals surface area contributed by atoms with Crippen molar-refractivity contribution in [2.45, 2.75) is 52.0 Å². The summed E-state index contributed by atoms with van der Waals surface area (Å²) in [5, 5.41) is 6.29. The van der Waals surface area contributed by atoms with Crippen LogP contribution in [0.25, 0.3) is 0 Å². The highest BCUT2D eigenvalue weighted by atomic mass is 16.1. The molecule has 0 saturated heterocycles. The topological polar surface area (TPSA) is 84.7 Å². The van der Waals surface area contributed by atoms with Gasteiger partial charge in [-0.15, -0.1) is 0 Å². The van der Waals surface area contributed by atoms with Gasteiger partial charge in [0.2, 0.25) is 0 Å². The molecule has 1 amide bonds. The number of carbonyl (C=O) groups excluding carboxylic acids is 1. The molecule has 26 heavy (non-hydrogen) atoms. The molecule has 1 aliphatic heterocycles. The standard InChI is InChI=1S/C19H26N6O/c1-13-14-4-2-3-5-15(14)23-17(22-13)6-9-21-19(26)16-12-25-11-10-20-8-7-18(25)24-16/h12,20H,2-11H2,1H3,(H,21,26). The van der Waals surface area contributed by atoms with E-state index >= 15 is 0 Å². The molecular weight excluding hydrogens is 328 g/mol. The number of imidazole rings is 1. The summed E-state index contributed by atoms with van der Waals surface area (Å²) in [6.07, 6.45) is 7.95. The lowest BCUT2D eigenvalue weighted by Gasteiger charge is -2.17. The van der Waals surface area contributed by atoms with Gasteiger partial charge in [0, 0.05) is 56.6 Å². The lowest BCUT2D eigenvalue weighted by Crippen LogP contribution is -2.27. The Kier molecular flexibility index (Phi) is 4.97. The first kappa shape index (κ1) is 17.1. The summed E-state index contributed by atoms with van der Waals surface area (Å²) in [7, 11) is 0. The van der Waals surface area contributed by atoms with E-state index in [2.05, 4.69) is 32.1 Å². The molecule has 2 aromatic rings. The smallest absolute Gasteiger partial charge is 0.271 e. The summed E-state index contributed by atoms with van der Waals surface area (Å²) >= 11 is 0. The molecule has 2 aliphatic rings. The first-order valence-electron chi connectivity index (χ1n) is 9.61. The lowest BCUT2D eigenvalue weighted by molar-refractivity contribution is 0.0949. The molecule has 0 radical (unpaired) electrons. The quantitative estimate of drug-likeness (QED) is 0.855. The van der Waals surface area contributed by atoms with Crippen LogP contribution in [0.4, 0.5) is 0 Å². The Morgan fingerprint density at radius 3 is 3.00 bits per heavy atom. The predicted molar refractivity (Wildman–Crippen MR) is 98.2 cm³/mol. The Balaban J connectivity index is 1.36. The molecule has 138 valence electrons. The van der Waals surface area contributed by atoms with E-state index in [-0.39, 0.29) is 5.91 Å². The number of hydrogen-bond donors (Lipinski definition) is 2. The van der Waals surface area contributed by atoms with Crippen LogP contribution >= 0.6 is 0 Å². The van der Waals surface area contributed by atoms with Gasteiger partial charge in [0.25, 0.3) is 5.91 Å². The minimum atomic E-state index is -0.117. The van der Waals surface area contributed by atoms with Crippen LogP contribution in [0.2, 0.25) is 0 Å². The van der Waals surface area contributed by atoms with Crippen LogP contribution in [0, 0.1) is 6.92 Å². The average molecular weight is 354 g/mol. The zero-order chi connectivity index (χ0) is 17.9. The van der Waals surface area contributed by atoms with Gasteiger partial charge in [-0.3, -0.25) is 4.79 Å². The number of nitrogens with zero attached hydrogens (tertiary/aromatic N) is 4. The van der Waals surface area contributed by atoms with Gasteiger partial charge in [-0.05, 0) is 38.2 Å². The zero-order valence-electron chi connectivity index (χ0n) is 15.3. The van der Waals surface area contributed by atoms with Crippen molar-refractivity contribution in [3.8, 4) is 0 Å². The van der Waals surface area contributed by atoms with Gasteiger partial charge >= 0.3 is 0 Å². The molecule has 0 unspecified atom stereocenters. The fourth-order valence-electron chi connectivity index (χ4n) is 3.82. The molecule has 3 heterocycles. The van der Waals surface area contributed by atoms with E-state index in [1.54, 1.807) is 0 Å². The second kappa shape index (κ2) is 7.53. The van der Waals surface area contributed by atoms with E-state index < -0.39 is 0 Å². The summed E-state index contributed by atoms with van der Waals surface area (Å²) in [5.41, 5.74) is 4.14. The van der Waals surface area contributed by atoms with Crippen molar-refractivity contribution in [2.24, 2.45) is 0 Å². The minimum absolute atomic E-state index is 0.117. The molecule has 7 nitrogen and oxygen atoms in total. The second-order valence-corrected chi connectivity index (χ2v) is 7.10. The number of aromatic nitrogens is 4. The van der Waals surface area contributed by atoms with Gasteiger partial charge in [-0.2, -0.15) is 0 Å². The van der Waals surface area contributed by atoms with Crippen molar-refractivity contribution in [2.75, 3.05) is 19.6 Å². The number of nitrogens with one attached hydrogen (secondary N) is 2. The monoisotopic (exact) mass is 354 g/mol. The van der Waals surface area contributed by atoms with Gasteiger partial charge in [-0.25, -0.2) is 15.0 Å². The van der Waals surface area contributed by atoms with Gasteiger partial charge in [0.15, 0.2) is 0 Å². The first-order valence-corrected chi connectivity index (χ1v) is 9.61. The molecule has 2 aromatic heterocycles. The molecule has 0 fully saturated rings. The number of fused-ring (bicyclic) bond motifs is 2. The number of aryl methyl sites for hydroxylation is 2. The van der Waals surface area contributed by atoms with Crippen molar-refractivity contribution < 1.29 is 4.79 Å². The summed E-state index contributed by atoms with van der Waals surface area (Å²) in [6, 6.07) is 0.